The average molecular weight is 214 g/mol. The number of nitrogens with one attached hydrogen (secondary N) is 1. The van der Waals surface area contributed by atoms with Crippen molar-refractivity contribution in [3.63, 3.8) is 0 Å². The maximum atomic E-state index is 7.23. The molecule has 0 spiro atoms. The molecule has 0 unspecified atom stereocenters. The van der Waals surface area contributed by atoms with Crippen LogP contribution in [0.4, 0.5) is 0 Å². The third-order valence-electron chi connectivity index (χ3n) is 1.74. The standard InChI is InChI=1S/C10H12ClNO2/c1-7-5-8(11)3-4-9(7)14-6-10(12)13-2/h3-5,12H,6H2,1-2H3. The van der Waals surface area contributed by atoms with E-state index in [0.717, 1.165) is 11.3 Å². The molecule has 0 saturated heterocycles. The molecular weight excluding hydrogens is 202 g/mol. The van der Waals surface area contributed by atoms with Crippen LogP contribution in [0.25, 0.3) is 0 Å². The highest BCUT2D eigenvalue weighted by molar-refractivity contribution is 6.30. The lowest BCUT2D eigenvalue weighted by atomic mass is 10.2. The lowest BCUT2D eigenvalue weighted by Crippen LogP contribution is -2.12. The third kappa shape index (κ3) is 2.92. The molecule has 0 heterocycles. The summed E-state index contributed by atoms with van der Waals surface area (Å²) in [6, 6.07) is 5.34. The van der Waals surface area contributed by atoms with E-state index in [1.807, 2.05) is 13.0 Å². The van der Waals surface area contributed by atoms with Gasteiger partial charge in [-0.05, 0) is 30.7 Å². The first-order chi connectivity index (χ1) is 6.63. The largest absolute Gasteiger partial charge is 0.484 e. The minimum Gasteiger partial charge on any atom is -0.484 e. The van der Waals surface area contributed by atoms with Crippen LogP contribution in [-0.2, 0) is 4.74 Å². The fraction of sp³-hybridized carbons (Fsp3) is 0.300. The molecular formula is C10H12ClNO2. The minimum atomic E-state index is 0.0966. The van der Waals surface area contributed by atoms with Gasteiger partial charge in [-0.25, -0.2) is 0 Å². The maximum absolute atomic E-state index is 7.23. The summed E-state index contributed by atoms with van der Waals surface area (Å²) >= 11 is 5.78. The number of benzene rings is 1. The molecule has 0 fully saturated rings. The Labute approximate surface area is 88.1 Å². The van der Waals surface area contributed by atoms with Crippen molar-refractivity contribution in [1.29, 1.82) is 5.41 Å². The van der Waals surface area contributed by atoms with Gasteiger partial charge in [0.15, 0.2) is 6.61 Å². The van der Waals surface area contributed by atoms with Crippen LogP contribution in [0.2, 0.25) is 5.02 Å². The smallest absolute Gasteiger partial charge is 0.219 e. The zero-order valence-corrected chi connectivity index (χ0v) is 8.89. The molecule has 3 nitrogen and oxygen atoms in total. The Bertz CT molecular complexity index is 339. The van der Waals surface area contributed by atoms with E-state index in [4.69, 9.17) is 21.7 Å². The fourth-order valence-electron chi connectivity index (χ4n) is 0.977. The zero-order valence-electron chi connectivity index (χ0n) is 8.13. The van der Waals surface area contributed by atoms with Crippen LogP contribution in [0, 0.1) is 12.3 Å². The van der Waals surface area contributed by atoms with Gasteiger partial charge < -0.3 is 9.47 Å². The maximum Gasteiger partial charge on any atom is 0.219 e. The van der Waals surface area contributed by atoms with Crippen molar-refractivity contribution in [1.82, 2.24) is 0 Å². The molecule has 1 N–H and O–H groups in total. The van der Waals surface area contributed by atoms with Gasteiger partial charge in [-0.3, -0.25) is 5.41 Å². The molecule has 0 bridgehead atoms. The molecule has 14 heavy (non-hydrogen) atoms. The van der Waals surface area contributed by atoms with Gasteiger partial charge in [-0.2, -0.15) is 0 Å². The highest BCUT2D eigenvalue weighted by Gasteiger charge is 2.02. The third-order valence-corrected chi connectivity index (χ3v) is 1.98. The lowest BCUT2D eigenvalue weighted by molar-refractivity contribution is 0.308. The van der Waals surface area contributed by atoms with Crippen molar-refractivity contribution in [2.75, 3.05) is 13.7 Å². The lowest BCUT2D eigenvalue weighted by Gasteiger charge is -2.08. The van der Waals surface area contributed by atoms with E-state index in [0.29, 0.717) is 5.02 Å². The Kier molecular flexibility index (Phi) is 3.77. The van der Waals surface area contributed by atoms with Crippen LogP contribution >= 0.6 is 11.6 Å². The van der Waals surface area contributed by atoms with Crippen LogP contribution in [-0.4, -0.2) is 19.6 Å². The first-order valence-corrected chi connectivity index (χ1v) is 4.51. The SMILES string of the molecule is COC(=N)COc1ccc(Cl)cc1C. The quantitative estimate of drug-likeness (QED) is 0.620. The van der Waals surface area contributed by atoms with E-state index in [1.54, 1.807) is 12.1 Å². The second kappa shape index (κ2) is 4.86. The summed E-state index contributed by atoms with van der Waals surface area (Å²) in [4.78, 5) is 0. The molecule has 0 amide bonds. The van der Waals surface area contributed by atoms with Crippen molar-refractivity contribution < 1.29 is 9.47 Å². The summed E-state index contributed by atoms with van der Waals surface area (Å²) in [7, 11) is 1.44. The van der Waals surface area contributed by atoms with Crippen molar-refractivity contribution in [2.45, 2.75) is 6.92 Å². The van der Waals surface area contributed by atoms with Crippen molar-refractivity contribution in [3.8, 4) is 5.75 Å². The van der Waals surface area contributed by atoms with Crippen molar-refractivity contribution >= 4 is 17.5 Å². The topological polar surface area (TPSA) is 42.3 Å². The normalized spacial score (nSPS) is 9.64. The molecule has 1 aromatic rings. The molecule has 0 atom stereocenters. The molecule has 76 valence electrons. The van der Waals surface area contributed by atoms with E-state index in [9.17, 15) is 0 Å². The van der Waals surface area contributed by atoms with Crippen LogP contribution in [0.5, 0.6) is 5.75 Å². The predicted octanol–water partition coefficient (Wildman–Crippen LogP) is 2.65. The zero-order chi connectivity index (χ0) is 10.6. The second-order valence-corrected chi connectivity index (χ2v) is 3.26. The van der Waals surface area contributed by atoms with Crippen LogP contribution in [0.1, 0.15) is 5.56 Å². The summed E-state index contributed by atoms with van der Waals surface area (Å²) in [6.45, 7) is 2.04. The van der Waals surface area contributed by atoms with E-state index >= 15 is 0 Å². The Morgan fingerprint density at radius 1 is 1.50 bits per heavy atom. The van der Waals surface area contributed by atoms with Crippen molar-refractivity contribution in [3.05, 3.63) is 28.8 Å². The van der Waals surface area contributed by atoms with Gasteiger partial charge in [-0.1, -0.05) is 11.6 Å². The van der Waals surface area contributed by atoms with Gasteiger partial charge in [0.2, 0.25) is 5.90 Å². The molecule has 4 heteroatoms. The minimum absolute atomic E-state index is 0.0966. The number of aryl methyl sites for hydroxylation is 1. The van der Waals surface area contributed by atoms with Gasteiger partial charge in [-0.15, -0.1) is 0 Å². The number of hydrogen-bond acceptors (Lipinski definition) is 3. The first-order valence-electron chi connectivity index (χ1n) is 4.14. The second-order valence-electron chi connectivity index (χ2n) is 2.83. The van der Waals surface area contributed by atoms with Gasteiger partial charge >= 0.3 is 0 Å². The Morgan fingerprint density at radius 2 is 2.21 bits per heavy atom. The van der Waals surface area contributed by atoms with Gasteiger partial charge in [0.05, 0.1) is 7.11 Å². The Morgan fingerprint density at radius 3 is 2.79 bits per heavy atom. The Balaban J connectivity index is 2.63. The van der Waals surface area contributed by atoms with Gasteiger partial charge in [0, 0.05) is 5.02 Å². The number of methoxy groups -OCH3 is 1. The molecule has 0 saturated carbocycles. The number of halogens is 1. The Hall–Kier alpha value is -1.22. The molecule has 1 aromatic carbocycles. The number of rotatable bonds is 3. The monoisotopic (exact) mass is 213 g/mol. The summed E-state index contributed by atoms with van der Waals surface area (Å²) < 4.78 is 10.0. The summed E-state index contributed by atoms with van der Waals surface area (Å²) in [5.41, 5.74) is 0.946. The van der Waals surface area contributed by atoms with E-state index in [-0.39, 0.29) is 12.5 Å². The van der Waals surface area contributed by atoms with E-state index < -0.39 is 0 Å². The summed E-state index contributed by atoms with van der Waals surface area (Å²) in [6.07, 6.45) is 0. The highest BCUT2D eigenvalue weighted by atomic mass is 35.5. The van der Waals surface area contributed by atoms with E-state index in [2.05, 4.69) is 4.74 Å². The molecule has 0 aliphatic heterocycles. The predicted molar refractivity (Wildman–Crippen MR) is 56.4 cm³/mol. The van der Waals surface area contributed by atoms with E-state index in [1.165, 1.54) is 7.11 Å². The molecule has 1 rings (SSSR count). The summed E-state index contributed by atoms with van der Waals surface area (Å²) in [5.74, 6) is 0.815. The van der Waals surface area contributed by atoms with Crippen LogP contribution in [0.3, 0.4) is 0 Å². The molecule has 0 aliphatic carbocycles. The summed E-state index contributed by atoms with van der Waals surface area (Å²) in [5, 5.41) is 7.90. The molecule has 0 radical (unpaired) electrons. The van der Waals surface area contributed by atoms with Crippen molar-refractivity contribution in [2.24, 2.45) is 0 Å². The van der Waals surface area contributed by atoms with Gasteiger partial charge in [0.1, 0.15) is 5.75 Å². The molecule has 0 aromatic heterocycles. The average Bonchev–Trinajstić information content (AvgIpc) is 2.16. The van der Waals surface area contributed by atoms with Gasteiger partial charge in [0.25, 0.3) is 0 Å². The fourth-order valence-corrected chi connectivity index (χ4v) is 1.20. The molecule has 0 aliphatic rings. The number of ether oxygens (including phenoxy) is 2. The number of hydrogen-bond donors (Lipinski definition) is 1. The highest BCUT2D eigenvalue weighted by Crippen LogP contribution is 2.21. The van der Waals surface area contributed by atoms with Crippen LogP contribution < -0.4 is 4.74 Å². The van der Waals surface area contributed by atoms with Crippen LogP contribution in [0.15, 0.2) is 18.2 Å². The first kappa shape index (κ1) is 10.9.